The van der Waals surface area contributed by atoms with Crippen LogP contribution in [0.2, 0.25) is 0 Å². The fourth-order valence-electron chi connectivity index (χ4n) is 3.38. The Morgan fingerprint density at radius 3 is 1.82 bits per heavy atom. The van der Waals surface area contributed by atoms with E-state index in [2.05, 4.69) is 12.3 Å². The van der Waals surface area contributed by atoms with Crippen molar-refractivity contribution in [3.63, 3.8) is 0 Å². The molecule has 0 aliphatic heterocycles. The van der Waals surface area contributed by atoms with E-state index in [1.807, 2.05) is 0 Å². The number of nitrogens with one attached hydrogen (secondary N) is 1. The number of amides is 1. The molecule has 0 saturated carbocycles. The summed E-state index contributed by atoms with van der Waals surface area (Å²) in [6.07, 6.45) is 18.8. The second-order valence-corrected chi connectivity index (χ2v) is 7.67. The monoisotopic (exact) mass is 391 g/mol. The van der Waals surface area contributed by atoms with E-state index in [1.165, 1.54) is 83.5 Å². The number of ether oxygens (including phenoxy) is 1. The van der Waals surface area contributed by atoms with Gasteiger partial charge in [0.05, 0.1) is 12.3 Å². The SMILES string of the molecule is CCCCCCCCCCCCCCCCOc1ccc(C(=O)NN)cc1N. The zero-order chi connectivity index (χ0) is 20.5. The van der Waals surface area contributed by atoms with Crippen molar-refractivity contribution < 1.29 is 9.53 Å². The maximum absolute atomic E-state index is 11.5. The molecular formula is C23H41N3O2. The number of nitrogen functional groups attached to an aromatic ring is 2. The highest BCUT2D eigenvalue weighted by molar-refractivity contribution is 5.95. The fraction of sp³-hybridized carbons (Fsp3) is 0.696. The Kier molecular flexibility index (Phi) is 14.1. The van der Waals surface area contributed by atoms with Crippen LogP contribution in [0.3, 0.4) is 0 Å². The first kappa shape index (κ1) is 24.3. The van der Waals surface area contributed by atoms with Crippen LogP contribution in [0, 0.1) is 0 Å². The first-order chi connectivity index (χ1) is 13.7. The average molecular weight is 392 g/mol. The van der Waals surface area contributed by atoms with E-state index in [0.717, 1.165) is 6.42 Å². The lowest BCUT2D eigenvalue weighted by Gasteiger charge is -2.10. The maximum Gasteiger partial charge on any atom is 0.265 e. The lowest BCUT2D eigenvalue weighted by Crippen LogP contribution is -2.30. The van der Waals surface area contributed by atoms with Crippen molar-refractivity contribution >= 4 is 11.6 Å². The third kappa shape index (κ3) is 11.2. The lowest BCUT2D eigenvalue weighted by molar-refractivity contribution is 0.0953. The molecule has 0 heterocycles. The first-order valence-electron chi connectivity index (χ1n) is 11.2. The summed E-state index contributed by atoms with van der Waals surface area (Å²) in [6, 6.07) is 4.98. The molecule has 0 atom stereocenters. The van der Waals surface area contributed by atoms with Crippen molar-refractivity contribution in [3.8, 4) is 5.75 Å². The Morgan fingerprint density at radius 1 is 0.857 bits per heavy atom. The minimum absolute atomic E-state index is 0.356. The average Bonchev–Trinajstić information content (AvgIpc) is 2.71. The molecule has 1 aromatic carbocycles. The molecule has 0 aliphatic carbocycles. The van der Waals surface area contributed by atoms with Gasteiger partial charge in [-0.25, -0.2) is 5.84 Å². The summed E-state index contributed by atoms with van der Waals surface area (Å²) in [5.41, 5.74) is 8.92. The van der Waals surface area contributed by atoms with Crippen molar-refractivity contribution in [1.82, 2.24) is 5.43 Å². The number of benzene rings is 1. The van der Waals surface area contributed by atoms with Gasteiger partial charge in [0, 0.05) is 5.56 Å². The lowest BCUT2D eigenvalue weighted by atomic mass is 10.0. The molecule has 28 heavy (non-hydrogen) atoms. The summed E-state index contributed by atoms with van der Waals surface area (Å²) in [4.78, 5) is 11.5. The number of hydrazine groups is 1. The zero-order valence-corrected chi connectivity index (χ0v) is 17.8. The number of rotatable bonds is 17. The number of anilines is 1. The molecule has 1 aromatic rings. The van der Waals surface area contributed by atoms with Crippen LogP contribution in [0.1, 0.15) is 107 Å². The van der Waals surface area contributed by atoms with Gasteiger partial charge in [0.25, 0.3) is 5.91 Å². The minimum Gasteiger partial charge on any atom is -0.491 e. The molecule has 1 amide bonds. The fourth-order valence-corrected chi connectivity index (χ4v) is 3.38. The number of nitrogens with two attached hydrogens (primary N) is 2. The Hall–Kier alpha value is -1.75. The van der Waals surface area contributed by atoms with Gasteiger partial charge in [-0.15, -0.1) is 0 Å². The van der Waals surface area contributed by atoms with Gasteiger partial charge in [0.15, 0.2) is 0 Å². The van der Waals surface area contributed by atoms with E-state index < -0.39 is 0 Å². The summed E-state index contributed by atoms with van der Waals surface area (Å²) in [5.74, 6) is 5.39. The molecule has 0 fully saturated rings. The van der Waals surface area contributed by atoms with Crippen molar-refractivity contribution in [2.75, 3.05) is 12.3 Å². The highest BCUT2D eigenvalue weighted by Gasteiger charge is 2.07. The normalized spacial score (nSPS) is 10.8. The van der Waals surface area contributed by atoms with Crippen LogP contribution in [-0.4, -0.2) is 12.5 Å². The van der Waals surface area contributed by atoms with Crippen molar-refractivity contribution in [1.29, 1.82) is 0 Å². The van der Waals surface area contributed by atoms with Crippen molar-refractivity contribution in [2.45, 2.75) is 96.8 Å². The quantitative estimate of drug-likeness (QED) is 0.104. The van der Waals surface area contributed by atoms with Gasteiger partial charge in [-0.3, -0.25) is 10.2 Å². The van der Waals surface area contributed by atoms with E-state index >= 15 is 0 Å². The number of hydrogen-bond donors (Lipinski definition) is 3. The Labute approximate surface area is 171 Å². The predicted molar refractivity (Wildman–Crippen MR) is 118 cm³/mol. The topological polar surface area (TPSA) is 90.4 Å². The second-order valence-electron chi connectivity index (χ2n) is 7.67. The minimum atomic E-state index is -0.356. The van der Waals surface area contributed by atoms with Crippen LogP contribution in [0.4, 0.5) is 5.69 Å². The predicted octanol–water partition coefficient (Wildman–Crippen LogP) is 5.73. The van der Waals surface area contributed by atoms with Crippen LogP contribution in [0.15, 0.2) is 18.2 Å². The van der Waals surface area contributed by atoms with E-state index in [0.29, 0.717) is 23.6 Å². The van der Waals surface area contributed by atoms with Gasteiger partial charge < -0.3 is 10.5 Å². The summed E-state index contributed by atoms with van der Waals surface area (Å²) < 4.78 is 5.72. The largest absolute Gasteiger partial charge is 0.491 e. The molecule has 0 aliphatic rings. The summed E-state index contributed by atoms with van der Waals surface area (Å²) >= 11 is 0. The molecule has 0 spiro atoms. The van der Waals surface area contributed by atoms with E-state index in [9.17, 15) is 4.79 Å². The Bertz CT molecular complexity index is 535. The molecule has 0 unspecified atom stereocenters. The van der Waals surface area contributed by atoms with E-state index in [1.54, 1.807) is 18.2 Å². The maximum atomic E-state index is 11.5. The molecule has 0 aromatic heterocycles. The first-order valence-corrected chi connectivity index (χ1v) is 11.2. The molecule has 5 nitrogen and oxygen atoms in total. The number of carbonyl (C=O) groups is 1. The molecule has 0 radical (unpaired) electrons. The van der Waals surface area contributed by atoms with Gasteiger partial charge in [-0.05, 0) is 24.6 Å². The smallest absolute Gasteiger partial charge is 0.265 e. The standard InChI is InChI=1S/C23H41N3O2/c1-2-3-4-5-6-7-8-9-10-11-12-13-14-15-18-28-22-17-16-20(19-21(22)24)23(27)26-25/h16-17,19H,2-15,18,24-25H2,1H3,(H,26,27). The van der Waals surface area contributed by atoms with Crippen molar-refractivity contribution in [3.05, 3.63) is 23.8 Å². The second kappa shape index (κ2) is 16.2. The molecule has 0 bridgehead atoms. The van der Waals surface area contributed by atoms with Gasteiger partial charge in [-0.2, -0.15) is 0 Å². The van der Waals surface area contributed by atoms with E-state index in [4.69, 9.17) is 16.3 Å². The molecule has 1 rings (SSSR count). The van der Waals surface area contributed by atoms with Gasteiger partial charge in [0.1, 0.15) is 5.75 Å². The molecule has 5 N–H and O–H groups in total. The van der Waals surface area contributed by atoms with Crippen LogP contribution >= 0.6 is 0 Å². The van der Waals surface area contributed by atoms with Gasteiger partial charge >= 0.3 is 0 Å². The number of carbonyl (C=O) groups excluding carboxylic acids is 1. The van der Waals surface area contributed by atoms with Crippen LogP contribution in [0.5, 0.6) is 5.75 Å². The summed E-state index contributed by atoms with van der Waals surface area (Å²) in [7, 11) is 0. The summed E-state index contributed by atoms with van der Waals surface area (Å²) in [5, 5.41) is 0. The van der Waals surface area contributed by atoms with Gasteiger partial charge in [0.2, 0.25) is 0 Å². The van der Waals surface area contributed by atoms with Crippen LogP contribution < -0.4 is 21.7 Å². The molecule has 160 valence electrons. The molecular weight excluding hydrogens is 350 g/mol. The van der Waals surface area contributed by atoms with Crippen LogP contribution in [-0.2, 0) is 0 Å². The van der Waals surface area contributed by atoms with E-state index in [-0.39, 0.29) is 5.91 Å². The van der Waals surface area contributed by atoms with Crippen molar-refractivity contribution in [2.24, 2.45) is 5.84 Å². The highest BCUT2D eigenvalue weighted by Crippen LogP contribution is 2.23. The van der Waals surface area contributed by atoms with Gasteiger partial charge in [-0.1, -0.05) is 90.4 Å². The highest BCUT2D eigenvalue weighted by atomic mass is 16.5. The Morgan fingerprint density at radius 2 is 1.36 bits per heavy atom. The number of hydrogen-bond acceptors (Lipinski definition) is 4. The molecule has 5 heteroatoms. The third-order valence-electron chi connectivity index (χ3n) is 5.16. The zero-order valence-electron chi connectivity index (χ0n) is 17.8. The Balaban J connectivity index is 1.93. The summed E-state index contributed by atoms with van der Waals surface area (Å²) in [6.45, 7) is 2.93. The van der Waals surface area contributed by atoms with Crippen LogP contribution in [0.25, 0.3) is 0 Å². The third-order valence-corrected chi connectivity index (χ3v) is 5.16. The number of unbranched alkanes of at least 4 members (excludes halogenated alkanes) is 13. The molecule has 0 saturated heterocycles.